The van der Waals surface area contributed by atoms with Gasteiger partial charge in [0, 0.05) is 28.2 Å². The molecule has 9 nitrogen and oxygen atoms in total. The van der Waals surface area contributed by atoms with Gasteiger partial charge < -0.3 is 19.3 Å². The molecule has 2 N–H and O–H groups in total. The molecule has 0 fully saturated rings. The first kappa shape index (κ1) is 30.1. The SMILES string of the molecule is CCOC(=O)C(CO)NCc1cc(F)c(OCc2cccc(-c3ccccc3)c2Br)cc1OCc1ccc2nonc2c1. The Hall–Kier alpha value is -4.32. The van der Waals surface area contributed by atoms with Crippen LogP contribution in [0.5, 0.6) is 11.5 Å². The summed E-state index contributed by atoms with van der Waals surface area (Å²) >= 11 is 3.68. The van der Waals surface area contributed by atoms with E-state index in [9.17, 15) is 9.90 Å². The number of ether oxygens (including phenoxy) is 3. The van der Waals surface area contributed by atoms with Gasteiger partial charge in [0.15, 0.2) is 11.6 Å². The van der Waals surface area contributed by atoms with Crippen LogP contribution in [0.25, 0.3) is 22.2 Å². The van der Waals surface area contributed by atoms with Crippen molar-refractivity contribution >= 4 is 32.9 Å². The maximum absolute atomic E-state index is 15.4. The Morgan fingerprint density at radius 2 is 1.74 bits per heavy atom. The van der Waals surface area contributed by atoms with Gasteiger partial charge in [-0.25, -0.2) is 9.02 Å². The van der Waals surface area contributed by atoms with Crippen LogP contribution in [0.1, 0.15) is 23.6 Å². The number of nitrogens with one attached hydrogen (secondary N) is 1. The minimum Gasteiger partial charge on any atom is -0.488 e. The van der Waals surface area contributed by atoms with Gasteiger partial charge in [-0.3, -0.25) is 10.1 Å². The molecule has 0 spiro atoms. The van der Waals surface area contributed by atoms with E-state index >= 15 is 4.39 Å². The largest absolute Gasteiger partial charge is 0.488 e. The molecule has 0 bridgehead atoms. The summed E-state index contributed by atoms with van der Waals surface area (Å²) in [6.07, 6.45) is 0. The van der Waals surface area contributed by atoms with Gasteiger partial charge in [-0.15, -0.1) is 0 Å². The van der Waals surface area contributed by atoms with Crippen LogP contribution in [0.3, 0.4) is 0 Å². The van der Waals surface area contributed by atoms with Gasteiger partial charge in [-0.1, -0.05) is 54.6 Å². The lowest BCUT2D eigenvalue weighted by atomic mass is 10.0. The zero-order valence-electron chi connectivity index (χ0n) is 23.3. The number of hydrogen-bond donors (Lipinski definition) is 2. The number of nitrogens with zero attached hydrogens (tertiary/aromatic N) is 2. The predicted octanol–water partition coefficient (Wildman–Crippen LogP) is 5.96. The van der Waals surface area contributed by atoms with Gasteiger partial charge in [0.25, 0.3) is 0 Å². The Morgan fingerprint density at radius 1 is 0.953 bits per heavy atom. The van der Waals surface area contributed by atoms with E-state index in [4.69, 9.17) is 18.8 Å². The molecule has 0 radical (unpaired) electrons. The van der Waals surface area contributed by atoms with Crippen LogP contribution >= 0.6 is 15.9 Å². The Bertz CT molecular complexity index is 1700. The quantitative estimate of drug-likeness (QED) is 0.149. The fourth-order valence-electron chi connectivity index (χ4n) is 4.42. The number of halogens is 2. The molecule has 43 heavy (non-hydrogen) atoms. The van der Waals surface area contributed by atoms with E-state index in [1.807, 2.05) is 54.6 Å². The lowest BCUT2D eigenvalue weighted by molar-refractivity contribution is -0.146. The second-order valence-corrected chi connectivity index (χ2v) is 10.4. The molecular weight excluding hydrogens is 621 g/mol. The first-order valence-corrected chi connectivity index (χ1v) is 14.4. The molecule has 0 aliphatic rings. The van der Waals surface area contributed by atoms with Crippen LogP contribution in [-0.4, -0.2) is 40.6 Å². The van der Waals surface area contributed by atoms with Crippen LogP contribution < -0.4 is 14.8 Å². The molecule has 5 aromatic rings. The maximum Gasteiger partial charge on any atom is 0.325 e. The summed E-state index contributed by atoms with van der Waals surface area (Å²) in [7, 11) is 0. The molecule has 5 rings (SSSR count). The first-order chi connectivity index (χ1) is 21.0. The highest BCUT2D eigenvalue weighted by Crippen LogP contribution is 2.34. The standard InChI is InChI=1S/C32H29BrFN3O6/c1-2-40-32(39)28(17-38)35-16-23-14-25(34)30(15-29(23)41-18-20-11-12-26-27(13-20)37-43-36-26)42-19-22-9-6-10-24(31(22)33)21-7-4-3-5-8-21/h3-15,28,35,38H,2,16-19H2,1H3. The van der Waals surface area contributed by atoms with Crippen LogP contribution in [0, 0.1) is 5.82 Å². The Kier molecular flexibility index (Phi) is 9.98. The van der Waals surface area contributed by atoms with Crippen LogP contribution in [0.15, 0.2) is 88.0 Å². The minimum atomic E-state index is -0.983. The van der Waals surface area contributed by atoms with Crippen molar-refractivity contribution in [1.29, 1.82) is 0 Å². The molecule has 1 unspecified atom stereocenters. The molecule has 222 valence electrons. The molecule has 1 atom stereocenters. The predicted molar refractivity (Wildman–Crippen MR) is 161 cm³/mol. The molecule has 0 saturated carbocycles. The number of rotatable bonds is 13. The molecule has 0 aliphatic carbocycles. The van der Waals surface area contributed by atoms with Crippen molar-refractivity contribution in [3.63, 3.8) is 0 Å². The summed E-state index contributed by atoms with van der Waals surface area (Å²) in [5, 5.41) is 20.3. The van der Waals surface area contributed by atoms with Gasteiger partial charge >= 0.3 is 5.97 Å². The van der Waals surface area contributed by atoms with Crippen LogP contribution in [0.2, 0.25) is 0 Å². The highest BCUT2D eigenvalue weighted by Gasteiger charge is 2.20. The number of aromatic nitrogens is 2. The fraction of sp³-hybridized carbons (Fsp3) is 0.219. The number of carbonyl (C=O) groups is 1. The molecule has 0 saturated heterocycles. The van der Waals surface area contributed by atoms with E-state index in [0.717, 1.165) is 26.7 Å². The van der Waals surface area contributed by atoms with Crippen LogP contribution in [-0.2, 0) is 29.3 Å². The second kappa shape index (κ2) is 14.2. The van der Waals surface area contributed by atoms with Crippen molar-refractivity contribution in [3.05, 3.63) is 106 Å². The Balaban J connectivity index is 1.38. The lowest BCUT2D eigenvalue weighted by Gasteiger charge is -2.18. The summed E-state index contributed by atoms with van der Waals surface area (Å²) in [4.78, 5) is 12.2. The molecule has 1 aromatic heterocycles. The number of hydrogen-bond acceptors (Lipinski definition) is 9. The van der Waals surface area contributed by atoms with E-state index in [0.29, 0.717) is 22.3 Å². The molecular formula is C32H29BrFN3O6. The zero-order chi connectivity index (χ0) is 30.2. The number of fused-ring (bicyclic) bond motifs is 1. The van der Waals surface area contributed by atoms with Gasteiger partial charge in [0.2, 0.25) is 0 Å². The van der Waals surface area contributed by atoms with E-state index < -0.39 is 24.4 Å². The highest BCUT2D eigenvalue weighted by atomic mass is 79.9. The summed E-state index contributed by atoms with van der Waals surface area (Å²) < 4.78 is 38.1. The Labute approximate surface area is 255 Å². The number of aliphatic hydroxyl groups is 1. The number of benzene rings is 4. The first-order valence-electron chi connectivity index (χ1n) is 13.6. The third-order valence-corrected chi connectivity index (χ3v) is 7.60. The summed E-state index contributed by atoms with van der Waals surface area (Å²) in [6, 6.07) is 22.9. The third kappa shape index (κ3) is 7.37. The smallest absolute Gasteiger partial charge is 0.325 e. The average Bonchev–Trinajstić information content (AvgIpc) is 3.49. The third-order valence-electron chi connectivity index (χ3n) is 6.67. The van der Waals surface area contributed by atoms with Crippen LogP contribution in [0.4, 0.5) is 4.39 Å². The Morgan fingerprint density at radius 3 is 2.53 bits per heavy atom. The molecule has 1 heterocycles. The highest BCUT2D eigenvalue weighted by molar-refractivity contribution is 9.10. The van der Waals surface area contributed by atoms with E-state index in [-0.39, 0.29) is 32.1 Å². The van der Waals surface area contributed by atoms with Crippen molar-refractivity contribution in [2.24, 2.45) is 0 Å². The van der Waals surface area contributed by atoms with Crippen molar-refractivity contribution < 1.29 is 33.1 Å². The molecule has 0 aliphatic heterocycles. The van der Waals surface area contributed by atoms with E-state index in [1.165, 1.54) is 12.1 Å². The summed E-state index contributed by atoms with van der Waals surface area (Å²) in [5.74, 6) is -0.882. The second-order valence-electron chi connectivity index (χ2n) is 9.57. The van der Waals surface area contributed by atoms with Gasteiger partial charge in [-0.05, 0) is 68.1 Å². The van der Waals surface area contributed by atoms with Crippen molar-refractivity contribution in [1.82, 2.24) is 15.6 Å². The average molecular weight is 651 g/mol. The number of aliphatic hydroxyl groups excluding tert-OH is 1. The zero-order valence-corrected chi connectivity index (χ0v) is 24.8. The maximum atomic E-state index is 15.4. The monoisotopic (exact) mass is 649 g/mol. The topological polar surface area (TPSA) is 116 Å². The molecule has 0 amide bonds. The van der Waals surface area contributed by atoms with E-state index in [1.54, 1.807) is 19.1 Å². The molecule has 4 aromatic carbocycles. The van der Waals surface area contributed by atoms with Gasteiger partial charge in [0.05, 0.1) is 13.2 Å². The number of carbonyl (C=O) groups excluding carboxylic acids is 1. The lowest BCUT2D eigenvalue weighted by Crippen LogP contribution is -2.40. The minimum absolute atomic E-state index is 0.00369. The van der Waals surface area contributed by atoms with E-state index in [2.05, 4.69) is 31.6 Å². The number of esters is 1. The van der Waals surface area contributed by atoms with Gasteiger partial charge in [0.1, 0.15) is 36.0 Å². The summed E-state index contributed by atoms with van der Waals surface area (Å²) in [5.41, 5.74) is 5.27. The van der Waals surface area contributed by atoms with Crippen molar-refractivity contribution in [2.75, 3.05) is 13.2 Å². The normalized spacial score (nSPS) is 11.8. The van der Waals surface area contributed by atoms with Crippen molar-refractivity contribution in [3.8, 4) is 22.6 Å². The molecule has 11 heteroatoms. The fourth-order valence-corrected chi connectivity index (χ4v) is 5.03. The summed E-state index contributed by atoms with van der Waals surface area (Å²) in [6.45, 7) is 1.61. The van der Waals surface area contributed by atoms with Crippen molar-refractivity contribution in [2.45, 2.75) is 32.7 Å². The van der Waals surface area contributed by atoms with Gasteiger partial charge in [-0.2, -0.15) is 0 Å².